The zero-order valence-electron chi connectivity index (χ0n) is 31.1. The van der Waals surface area contributed by atoms with Gasteiger partial charge >= 0.3 is 0 Å². The van der Waals surface area contributed by atoms with E-state index in [4.69, 9.17) is 4.74 Å². The third kappa shape index (κ3) is 6.31. The summed E-state index contributed by atoms with van der Waals surface area (Å²) in [5, 5.41) is 13.4. The van der Waals surface area contributed by atoms with Crippen LogP contribution in [0, 0.1) is 63.6 Å². The summed E-state index contributed by atoms with van der Waals surface area (Å²) in [5.74, 6) is 7.74. The summed E-state index contributed by atoms with van der Waals surface area (Å²) in [4.78, 5) is 6.85. The van der Waals surface area contributed by atoms with Gasteiger partial charge in [0.1, 0.15) is 11.5 Å². The number of ether oxygens (including phenoxy) is 1. The molecular weight excluding hydrogens is 637 g/mol. The minimum absolute atomic E-state index is 0.374. The maximum atomic E-state index is 11.9. The summed E-state index contributed by atoms with van der Waals surface area (Å²) in [6.45, 7) is 13.0. The van der Waals surface area contributed by atoms with Crippen LogP contribution in [0.1, 0.15) is 110 Å². The SMILES string of the molecule is CC1C(C2=CCC(COc3cc(C#N)ccn3)CC2)=CCC2(C)C1CCC1(C)C3CCC4(NCCN5CC[S+]([O-])CC5)CCCC4C3CCC21. The van der Waals surface area contributed by atoms with Gasteiger partial charge in [0, 0.05) is 44.0 Å². The Balaban J connectivity index is 0.908. The van der Waals surface area contributed by atoms with Crippen LogP contribution in [0.5, 0.6) is 5.88 Å². The molecule has 6 nitrogen and oxygen atoms in total. The van der Waals surface area contributed by atoms with Gasteiger partial charge in [-0.05, 0) is 147 Å². The zero-order valence-corrected chi connectivity index (χ0v) is 32.0. The molecule has 10 unspecified atom stereocenters. The Bertz CT molecular complexity index is 1500. The third-order valence-corrected chi connectivity index (χ3v) is 17.4. The minimum Gasteiger partial charge on any atom is -0.616 e. The average Bonchev–Trinajstić information content (AvgIpc) is 3.56. The van der Waals surface area contributed by atoms with E-state index in [9.17, 15) is 9.81 Å². The summed E-state index contributed by atoms with van der Waals surface area (Å²) in [6, 6.07) is 5.65. The van der Waals surface area contributed by atoms with Gasteiger partial charge in [0.25, 0.3) is 0 Å². The lowest BCUT2D eigenvalue weighted by Crippen LogP contribution is -2.63. The maximum Gasteiger partial charge on any atom is 0.214 e. The van der Waals surface area contributed by atoms with Crippen LogP contribution in [0.2, 0.25) is 0 Å². The molecule has 0 spiro atoms. The fourth-order valence-corrected chi connectivity index (χ4v) is 14.7. The van der Waals surface area contributed by atoms with Crippen LogP contribution >= 0.6 is 0 Å². The Labute approximate surface area is 305 Å². The van der Waals surface area contributed by atoms with E-state index < -0.39 is 11.2 Å². The number of nitriles is 1. The van der Waals surface area contributed by atoms with Gasteiger partial charge in [0.2, 0.25) is 5.88 Å². The first-order valence-corrected chi connectivity index (χ1v) is 21.9. The summed E-state index contributed by atoms with van der Waals surface area (Å²) in [7, 11) is 0. The van der Waals surface area contributed by atoms with Crippen molar-refractivity contribution < 1.29 is 9.29 Å². The molecule has 1 aliphatic heterocycles. The van der Waals surface area contributed by atoms with Gasteiger partial charge in [-0.1, -0.05) is 50.5 Å². The van der Waals surface area contributed by atoms with Crippen molar-refractivity contribution >= 4 is 11.2 Å². The lowest BCUT2D eigenvalue weighted by Gasteiger charge is -2.67. The second kappa shape index (κ2) is 14.2. The van der Waals surface area contributed by atoms with Crippen molar-refractivity contribution in [3.8, 4) is 11.9 Å². The highest BCUT2D eigenvalue weighted by Crippen LogP contribution is 2.70. The van der Waals surface area contributed by atoms with Crippen molar-refractivity contribution in [3.63, 3.8) is 0 Å². The van der Waals surface area contributed by atoms with Gasteiger partial charge in [0.05, 0.1) is 18.2 Å². The first-order chi connectivity index (χ1) is 24.2. The number of allylic oxidation sites excluding steroid dienone is 4. The molecule has 5 fully saturated rings. The molecule has 0 bridgehead atoms. The molecule has 4 saturated carbocycles. The molecule has 0 aromatic carbocycles. The Kier molecular flexibility index (Phi) is 9.98. The zero-order chi connectivity index (χ0) is 34.5. The standard InChI is InChI=1S/C43H62N4O2S/c1-30-34(33-8-6-31(7-9-33)29-49-40-27-32(28-44)15-20-45-40)12-17-41(2)36(30)13-18-42(3)37-14-19-43(46-21-22-47-23-25-50(48)26-24-47)16-4-5-38(43)35(37)10-11-39(41)42/h8,12,15,20,27,30-31,35-39,46H,4-7,9-11,13-14,16-19,21-26,29H2,1-3H3. The molecule has 1 aromatic heterocycles. The van der Waals surface area contributed by atoms with Gasteiger partial charge in [-0.25, -0.2) is 4.98 Å². The highest BCUT2D eigenvalue weighted by atomic mass is 32.2. The number of aromatic nitrogens is 1. The lowest BCUT2D eigenvalue weighted by molar-refractivity contribution is -0.166. The van der Waals surface area contributed by atoms with Crippen LogP contribution in [0.3, 0.4) is 0 Å². The number of hydrogen-bond acceptors (Lipinski definition) is 6. The molecule has 0 amide bonds. The van der Waals surface area contributed by atoms with Crippen LogP contribution in [-0.2, 0) is 11.2 Å². The quantitative estimate of drug-likeness (QED) is 0.277. The molecule has 7 aliphatic rings. The summed E-state index contributed by atoms with van der Waals surface area (Å²) >= 11 is -0.588. The Morgan fingerprint density at radius 2 is 1.86 bits per heavy atom. The number of nitrogens with zero attached hydrogens (tertiary/aromatic N) is 3. The van der Waals surface area contributed by atoms with E-state index in [0.717, 1.165) is 86.5 Å². The summed E-state index contributed by atoms with van der Waals surface area (Å²) < 4.78 is 17.9. The van der Waals surface area contributed by atoms with Crippen molar-refractivity contribution in [1.82, 2.24) is 15.2 Å². The Morgan fingerprint density at radius 1 is 1.02 bits per heavy atom. The molecule has 6 aliphatic carbocycles. The number of hydrogen-bond donors (Lipinski definition) is 1. The predicted octanol–water partition coefficient (Wildman–Crippen LogP) is 8.08. The van der Waals surface area contributed by atoms with Crippen LogP contribution in [0.25, 0.3) is 0 Å². The predicted molar refractivity (Wildman–Crippen MR) is 202 cm³/mol. The molecular formula is C43H62N4O2S. The highest BCUT2D eigenvalue weighted by molar-refractivity contribution is 7.91. The van der Waals surface area contributed by atoms with Gasteiger partial charge in [-0.3, -0.25) is 4.90 Å². The largest absolute Gasteiger partial charge is 0.616 e. The molecule has 1 aromatic rings. The number of fused-ring (bicyclic) bond motifs is 7. The van der Waals surface area contributed by atoms with Crippen molar-refractivity contribution in [2.45, 2.75) is 110 Å². The number of rotatable bonds is 8. The molecule has 10 atom stereocenters. The molecule has 1 N–H and O–H groups in total. The van der Waals surface area contributed by atoms with E-state index in [1.807, 2.05) is 0 Å². The topological polar surface area (TPSA) is 84.2 Å². The van der Waals surface area contributed by atoms with Gasteiger partial charge in [0.15, 0.2) is 0 Å². The van der Waals surface area contributed by atoms with Crippen LogP contribution < -0.4 is 10.1 Å². The molecule has 0 radical (unpaired) electrons. The average molecular weight is 699 g/mol. The van der Waals surface area contributed by atoms with Crippen LogP contribution in [0.15, 0.2) is 41.6 Å². The molecule has 2 heterocycles. The molecule has 1 saturated heterocycles. The number of nitrogens with one attached hydrogen (secondary N) is 1. The van der Waals surface area contributed by atoms with Crippen molar-refractivity contribution in [2.75, 3.05) is 44.3 Å². The lowest BCUT2D eigenvalue weighted by atomic mass is 9.38. The van der Waals surface area contributed by atoms with Gasteiger partial charge < -0.3 is 14.6 Å². The molecule has 7 heteroatoms. The highest BCUT2D eigenvalue weighted by Gasteiger charge is 2.64. The molecule has 8 rings (SSSR count). The molecule has 272 valence electrons. The number of pyridine rings is 1. The summed E-state index contributed by atoms with van der Waals surface area (Å²) in [5.41, 5.74) is 5.16. The van der Waals surface area contributed by atoms with Gasteiger partial charge in [-0.2, -0.15) is 5.26 Å². The van der Waals surface area contributed by atoms with Crippen LogP contribution in [0.4, 0.5) is 0 Å². The maximum absolute atomic E-state index is 11.9. The molecule has 50 heavy (non-hydrogen) atoms. The Hall–Kier alpha value is -1.85. The minimum atomic E-state index is -0.588. The normalized spacial score (nSPS) is 41.9. The Morgan fingerprint density at radius 3 is 2.66 bits per heavy atom. The van der Waals surface area contributed by atoms with E-state index in [2.05, 4.69) is 54.2 Å². The fraction of sp³-hybridized carbons (Fsp3) is 0.767. The summed E-state index contributed by atoms with van der Waals surface area (Å²) in [6.07, 6.45) is 24.3. The smallest absolute Gasteiger partial charge is 0.214 e. The first-order valence-electron chi connectivity index (χ1n) is 20.4. The second-order valence-electron chi connectivity index (χ2n) is 18.2. The van der Waals surface area contributed by atoms with E-state index in [1.54, 1.807) is 29.5 Å². The fourth-order valence-electron chi connectivity index (χ4n) is 13.6. The second-order valence-corrected chi connectivity index (χ2v) is 19.9. The van der Waals surface area contributed by atoms with Crippen molar-refractivity contribution in [3.05, 3.63) is 47.2 Å². The van der Waals surface area contributed by atoms with Crippen molar-refractivity contribution in [2.24, 2.45) is 52.3 Å². The van der Waals surface area contributed by atoms with Gasteiger partial charge in [-0.15, -0.1) is 0 Å². The first kappa shape index (κ1) is 35.2. The monoisotopic (exact) mass is 698 g/mol. The van der Waals surface area contributed by atoms with E-state index in [-0.39, 0.29) is 0 Å². The van der Waals surface area contributed by atoms with E-state index >= 15 is 0 Å². The van der Waals surface area contributed by atoms with E-state index in [1.165, 1.54) is 64.2 Å². The van der Waals surface area contributed by atoms with Crippen LogP contribution in [-0.4, -0.2) is 64.3 Å². The third-order valence-electron chi connectivity index (χ3n) is 16.1. The van der Waals surface area contributed by atoms with E-state index in [0.29, 0.717) is 46.3 Å². The van der Waals surface area contributed by atoms with Crippen molar-refractivity contribution in [1.29, 1.82) is 5.26 Å².